The first kappa shape index (κ1) is 32.0. The molecule has 0 bridgehead atoms. The fourth-order valence-electron chi connectivity index (χ4n) is 5.72. The van der Waals surface area contributed by atoms with Crippen LogP contribution in [-0.2, 0) is 16.2 Å². The van der Waals surface area contributed by atoms with Gasteiger partial charge in [-0.15, -0.1) is 0 Å². The topological polar surface area (TPSA) is 99.5 Å². The van der Waals surface area contributed by atoms with Gasteiger partial charge in [-0.2, -0.15) is 17.5 Å². The van der Waals surface area contributed by atoms with Crippen molar-refractivity contribution in [1.82, 2.24) is 28.7 Å². The van der Waals surface area contributed by atoms with Crippen LogP contribution in [0.15, 0.2) is 30.6 Å². The van der Waals surface area contributed by atoms with Crippen molar-refractivity contribution in [2.45, 2.75) is 50.6 Å². The zero-order valence-corrected chi connectivity index (χ0v) is 25.6. The SMILES string of the molecule is Cc1nc(-c2nc(NC3CCN(S(C)(=O)=O)CC3F)ncc2C(F)(F)F)cn1-c1ccc(N2CCC(N(C)C)CC2)cc1F. The summed E-state index contributed by atoms with van der Waals surface area (Å²) in [6, 6.07) is 4.32. The van der Waals surface area contributed by atoms with E-state index in [1.807, 2.05) is 14.1 Å². The lowest BCUT2D eigenvalue weighted by molar-refractivity contribution is -0.137. The van der Waals surface area contributed by atoms with E-state index in [9.17, 15) is 26.0 Å². The van der Waals surface area contributed by atoms with Gasteiger partial charge in [0.05, 0.1) is 18.0 Å². The molecule has 2 aromatic heterocycles. The summed E-state index contributed by atoms with van der Waals surface area (Å²) in [5.41, 5.74) is -1.04. The Morgan fingerprint density at radius 1 is 1.07 bits per heavy atom. The lowest BCUT2D eigenvalue weighted by Crippen LogP contribution is -2.49. The molecule has 10 nitrogen and oxygen atoms in total. The minimum atomic E-state index is -4.83. The van der Waals surface area contributed by atoms with Gasteiger partial charge in [0.2, 0.25) is 16.0 Å². The zero-order valence-electron chi connectivity index (χ0n) is 24.8. The van der Waals surface area contributed by atoms with E-state index < -0.39 is 52.0 Å². The molecular weight excluding hydrogens is 607 g/mol. The molecule has 0 radical (unpaired) electrons. The summed E-state index contributed by atoms with van der Waals surface area (Å²) in [6.07, 6.45) is -1.67. The van der Waals surface area contributed by atoms with Crippen molar-refractivity contribution < 1.29 is 30.4 Å². The Labute approximate surface area is 253 Å². The monoisotopic (exact) mass is 642 g/mol. The second-order valence-corrected chi connectivity index (χ2v) is 13.5. The number of rotatable bonds is 7. The van der Waals surface area contributed by atoms with Crippen LogP contribution in [-0.4, -0.2) is 102 Å². The number of imidazole rings is 1. The number of aromatic nitrogens is 4. The number of nitrogens with zero attached hydrogens (tertiary/aromatic N) is 7. The normalized spacial score (nSPS) is 20.8. The van der Waals surface area contributed by atoms with Gasteiger partial charge in [0.25, 0.3) is 0 Å². The van der Waals surface area contributed by atoms with Crippen LogP contribution in [0.3, 0.4) is 0 Å². The molecule has 0 aliphatic carbocycles. The van der Waals surface area contributed by atoms with Gasteiger partial charge in [-0.05, 0) is 58.5 Å². The number of anilines is 2. The van der Waals surface area contributed by atoms with Crippen LogP contribution in [0.4, 0.5) is 33.6 Å². The molecule has 2 aliphatic rings. The first-order chi connectivity index (χ1) is 20.6. The van der Waals surface area contributed by atoms with Crippen LogP contribution in [0, 0.1) is 12.7 Å². The zero-order chi connectivity index (χ0) is 32.0. The highest BCUT2D eigenvalue weighted by atomic mass is 32.2. The van der Waals surface area contributed by atoms with E-state index in [4.69, 9.17) is 0 Å². The number of hydrogen-bond donors (Lipinski definition) is 1. The van der Waals surface area contributed by atoms with E-state index in [2.05, 4.69) is 30.1 Å². The average Bonchev–Trinajstić information content (AvgIpc) is 3.34. The Balaban J connectivity index is 1.40. The minimum Gasteiger partial charge on any atom is -0.371 e. The maximum atomic E-state index is 15.4. The minimum absolute atomic E-state index is 0.0345. The smallest absolute Gasteiger partial charge is 0.371 e. The molecule has 0 saturated carbocycles. The Hall–Kier alpha value is -3.37. The second-order valence-electron chi connectivity index (χ2n) is 11.5. The molecule has 16 heteroatoms. The summed E-state index contributed by atoms with van der Waals surface area (Å²) in [4.78, 5) is 16.4. The number of hydrogen-bond acceptors (Lipinski definition) is 8. The molecule has 2 atom stereocenters. The summed E-state index contributed by atoms with van der Waals surface area (Å²) in [5, 5.41) is 2.71. The number of aryl methyl sites for hydroxylation is 1. The molecule has 44 heavy (non-hydrogen) atoms. The van der Waals surface area contributed by atoms with Crippen molar-refractivity contribution in [2.75, 3.05) is 56.7 Å². The van der Waals surface area contributed by atoms with Crippen molar-refractivity contribution in [3.05, 3.63) is 47.8 Å². The molecule has 5 rings (SSSR count). The third-order valence-corrected chi connectivity index (χ3v) is 9.53. The van der Waals surface area contributed by atoms with E-state index in [0.29, 0.717) is 12.2 Å². The molecule has 1 aromatic carbocycles. The van der Waals surface area contributed by atoms with Crippen LogP contribution in [0.5, 0.6) is 0 Å². The molecule has 2 unspecified atom stereocenters. The van der Waals surface area contributed by atoms with Crippen LogP contribution in [0.2, 0.25) is 0 Å². The van der Waals surface area contributed by atoms with Gasteiger partial charge >= 0.3 is 6.18 Å². The summed E-state index contributed by atoms with van der Waals surface area (Å²) in [6.45, 7) is 2.74. The number of benzene rings is 1. The molecule has 4 heterocycles. The van der Waals surface area contributed by atoms with Gasteiger partial charge in [-0.25, -0.2) is 32.2 Å². The van der Waals surface area contributed by atoms with E-state index in [-0.39, 0.29) is 36.1 Å². The van der Waals surface area contributed by atoms with E-state index in [0.717, 1.165) is 42.2 Å². The largest absolute Gasteiger partial charge is 0.420 e. The first-order valence-electron chi connectivity index (χ1n) is 14.2. The van der Waals surface area contributed by atoms with Crippen molar-refractivity contribution in [3.8, 4) is 17.1 Å². The third kappa shape index (κ3) is 6.81. The summed E-state index contributed by atoms with van der Waals surface area (Å²) < 4.78 is 98.2. The molecule has 240 valence electrons. The third-order valence-electron chi connectivity index (χ3n) is 8.26. The molecule has 2 fully saturated rings. The quantitative estimate of drug-likeness (QED) is 0.385. The fraction of sp³-hybridized carbons (Fsp3) is 0.536. The van der Waals surface area contributed by atoms with Crippen molar-refractivity contribution >= 4 is 21.7 Å². The van der Waals surface area contributed by atoms with Crippen LogP contribution >= 0.6 is 0 Å². The van der Waals surface area contributed by atoms with Gasteiger partial charge in [-0.3, -0.25) is 0 Å². The molecule has 0 spiro atoms. The summed E-state index contributed by atoms with van der Waals surface area (Å²) in [7, 11) is 0.489. The van der Waals surface area contributed by atoms with Gasteiger partial charge in [0.1, 0.15) is 34.8 Å². The molecular formula is C28H35F5N8O2S. The Bertz CT molecular complexity index is 1610. The molecule has 2 aliphatic heterocycles. The number of nitrogens with one attached hydrogen (secondary N) is 1. The molecule has 3 aromatic rings. The molecule has 2 saturated heterocycles. The number of halogens is 5. The van der Waals surface area contributed by atoms with Gasteiger partial charge < -0.3 is 19.7 Å². The maximum Gasteiger partial charge on any atom is 0.420 e. The molecule has 0 amide bonds. The van der Waals surface area contributed by atoms with Crippen LogP contribution < -0.4 is 10.2 Å². The standard InChI is InChI=1S/C28H35F5N8O2S/c1-17-35-24(16-41(17)25-6-5-19(13-21(25)29)39-10-7-18(8-11-39)38(2)3)26-20(28(31,32)33)14-34-27(37-26)36-23-9-12-40(15-22(23)30)44(4,42)43/h5-6,13-14,16,18,22-23H,7-12,15H2,1-4H3,(H,34,36,37). The van der Waals surface area contributed by atoms with E-state index in [1.165, 1.54) is 16.8 Å². The number of sulfonamides is 1. The number of alkyl halides is 4. The van der Waals surface area contributed by atoms with Crippen LogP contribution in [0.25, 0.3) is 17.1 Å². The Kier molecular flexibility index (Phi) is 8.88. The van der Waals surface area contributed by atoms with Crippen molar-refractivity contribution in [1.29, 1.82) is 0 Å². The summed E-state index contributed by atoms with van der Waals surface area (Å²) in [5.74, 6) is -0.592. The lowest BCUT2D eigenvalue weighted by atomic mass is 10.0. The van der Waals surface area contributed by atoms with Crippen LogP contribution in [0.1, 0.15) is 30.7 Å². The fourth-order valence-corrected chi connectivity index (χ4v) is 6.57. The summed E-state index contributed by atoms with van der Waals surface area (Å²) >= 11 is 0. The average molecular weight is 643 g/mol. The van der Waals surface area contributed by atoms with Gasteiger partial charge in [-0.1, -0.05) is 0 Å². The van der Waals surface area contributed by atoms with Gasteiger partial charge in [0, 0.05) is 50.3 Å². The highest BCUT2D eigenvalue weighted by Crippen LogP contribution is 2.37. The second kappa shape index (κ2) is 12.2. The predicted molar refractivity (Wildman–Crippen MR) is 157 cm³/mol. The lowest BCUT2D eigenvalue weighted by Gasteiger charge is -2.36. The first-order valence-corrected chi connectivity index (χ1v) is 16.0. The highest BCUT2D eigenvalue weighted by Gasteiger charge is 2.38. The van der Waals surface area contributed by atoms with E-state index >= 15 is 4.39 Å². The van der Waals surface area contributed by atoms with Crippen molar-refractivity contribution in [2.24, 2.45) is 0 Å². The van der Waals surface area contributed by atoms with Gasteiger partial charge in [0.15, 0.2) is 0 Å². The Morgan fingerprint density at radius 2 is 1.77 bits per heavy atom. The molecule has 1 N–H and O–H groups in total. The number of piperidine rings is 2. The van der Waals surface area contributed by atoms with Crippen molar-refractivity contribution in [3.63, 3.8) is 0 Å². The van der Waals surface area contributed by atoms with E-state index in [1.54, 1.807) is 19.1 Å². The highest BCUT2D eigenvalue weighted by molar-refractivity contribution is 7.88. The Morgan fingerprint density at radius 3 is 2.36 bits per heavy atom. The predicted octanol–water partition coefficient (Wildman–Crippen LogP) is 4.11. The maximum absolute atomic E-state index is 15.4.